The standard InChI is InChI=1S/C16H15ClFNO4/c1-21-13-8-10(18)4-5-12(13)19-16(20)9-6-11(17)15(23-3)14(7-9)22-2/h4-8H,1-3H3,(H,19,20). The number of benzene rings is 2. The van der Waals surface area contributed by atoms with Crippen LogP contribution in [0.1, 0.15) is 10.4 Å². The first kappa shape index (κ1) is 16.9. The average molecular weight is 340 g/mol. The van der Waals surface area contributed by atoms with Gasteiger partial charge in [-0.3, -0.25) is 4.79 Å². The summed E-state index contributed by atoms with van der Waals surface area (Å²) in [5.74, 6) is -0.0296. The Labute approximate surface area is 137 Å². The summed E-state index contributed by atoms with van der Waals surface area (Å²) < 4.78 is 28.5. The van der Waals surface area contributed by atoms with E-state index in [1.165, 1.54) is 51.7 Å². The van der Waals surface area contributed by atoms with Gasteiger partial charge in [0, 0.05) is 11.6 Å². The molecule has 5 nitrogen and oxygen atoms in total. The van der Waals surface area contributed by atoms with E-state index in [-0.39, 0.29) is 16.3 Å². The lowest BCUT2D eigenvalue weighted by Gasteiger charge is -2.13. The third kappa shape index (κ3) is 3.65. The second-order valence-corrected chi connectivity index (χ2v) is 4.90. The maximum absolute atomic E-state index is 13.2. The van der Waals surface area contributed by atoms with Crippen LogP contribution < -0.4 is 19.5 Å². The molecule has 0 saturated carbocycles. The van der Waals surface area contributed by atoms with Gasteiger partial charge in [-0.15, -0.1) is 0 Å². The number of rotatable bonds is 5. The van der Waals surface area contributed by atoms with Crippen molar-refractivity contribution >= 4 is 23.2 Å². The fraction of sp³-hybridized carbons (Fsp3) is 0.188. The van der Waals surface area contributed by atoms with Crippen molar-refractivity contribution in [1.29, 1.82) is 0 Å². The van der Waals surface area contributed by atoms with Crippen LogP contribution in [0.3, 0.4) is 0 Å². The molecule has 0 radical (unpaired) electrons. The van der Waals surface area contributed by atoms with Gasteiger partial charge < -0.3 is 19.5 Å². The lowest BCUT2D eigenvalue weighted by Crippen LogP contribution is -2.13. The molecule has 0 unspecified atom stereocenters. The number of amides is 1. The number of methoxy groups -OCH3 is 3. The predicted molar refractivity (Wildman–Crippen MR) is 85.5 cm³/mol. The molecular formula is C16H15ClFNO4. The lowest BCUT2D eigenvalue weighted by molar-refractivity contribution is 0.102. The van der Waals surface area contributed by atoms with E-state index < -0.39 is 11.7 Å². The Balaban J connectivity index is 2.33. The zero-order valence-electron chi connectivity index (χ0n) is 12.8. The number of anilines is 1. The Bertz CT molecular complexity index is 736. The SMILES string of the molecule is COc1cc(F)ccc1NC(=O)c1cc(Cl)c(OC)c(OC)c1. The first-order valence-corrected chi connectivity index (χ1v) is 6.94. The normalized spacial score (nSPS) is 10.1. The van der Waals surface area contributed by atoms with E-state index in [1.807, 2.05) is 0 Å². The largest absolute Gasteiger partial charge is 0.494 e. The third-order valence-corrected chi connectivity index (χ3v) is 3.39. The second-order valence-electron chi connectivity index (χ2n) is 4.49. The van der Waals surface area contributed by atoms with Gasteiger partial charge >= 0.3 is 0 Å². The Hall–Kier alpha value is -2.47. The monoisotopic (exact) mass is 339 g/mol. The molecule has 0 aliphatic heterocycles. The van der Waals surface area contributed by atoms with Crippen LogP contribution in [-0.4, -0.2) is 27.2 Å². The van der Waals surface area contributed by atoms with Crippen LogP contribution in [0.2, 0.25) is 5.02 Å². The summed E-state index contributed by atoms with van der Waals surface area (Å²) in [5.41, 5.74) is 0.601. The maximum atomic E-state index is 13.2. The molecule has 7 heteroatoms. The topological polar surface area (TPSA) is 56.8 Å². The minimum Gasteiger partial charge on any atom is -0.494 e. The quantitative estimate of drug-likeness (QED) is 0.901. The summed E-state index contributed by atoms with van der Waals surface area (Å²) >= 11 is 6.08. The van der Waals surface area contributed by atoms with Gasteiger partial charge in [-0.05, 0) is 24.3 Å². The van der Waals surface area contributed by atoms with Gasteiger partial charge in [-0.1, -0.05) is 11.6 Å². The number of ether oxygens (including phenoxy) is 3. The fourth-order valence-corrected chi connectivity index (χ4v) is 2.30. The van der Waals surface area contributed by atoms with Crippen LogP contribution in [0.4, 0.5) is 10.1 Å². The van der Waals surface area contributed by atoms with E-state index in [0.717, 1.165) is 0 Å². The van der Waals surface area contributed by atoms with Crippen LogP contribution in [0.25, 0.3) is 0 Å². The molecule has 122 valence electrons. The first-order chi connectivity index (χ1) is 11.0. The molecule has 2 rings (SSSR count). The van der Waals surface area contributed by atoms with E-state index >= 15 is 0 Å². The predicted octanol–water partition coefficient (Wildman–Crippen LogP) is 3.76. The van der Waals surface area contributed by atoms with Gasteiger partial charge in [0.1, 0.15) is 11.6 Å². The van der Waals surface area contributed by atoms with E-state index in [4.69, 9.17) is 25.8 Å². The molecular weight excluding hydrogens is 325 g/mol. The molecule has 1 N–H and O–H groups in total. The van der Waals surface area contributed by atoms with E-state index in [2.05, 4.69) is 5.32 Å². The summed E-state index contributed by atoms with van der Waals surface area (Å²) in [6.07, 6.45) is 0. The Morgan fingerprint density at radius 2 is 1.74 bits per heavy atom. The van der Waals surface area contributed by atoms with Crippen molar-refractivity contribution in [3.63, 3.8) is 0 Å². The van der Waals surface area contributed by atoms with Gasteiger partial charge in [-0.25, -0.2) is 4.39 Å². The van der Waals surface area contributed by atoms with Crippen molar-refractivity contribution in [1.82, 2.24) is 0 Å². The minimum atomic E-state index is -0.464. The van der Waals surface area contributed by atoms with Gasteiger partial charge in [0.2, 0.25) is 0 Å². The Kier molecular flexibility index (Phi) is 5.28. The van der Waals surface area contributed by atoms with Crippen molar-refractivity contribution < 1.29 is 23.4 Å². The highest BCUT2D eigenvalue weighted by molar-refractivity contribution is 6.32. The van der Waals surface area contributed by atoms with Crippen LogP contribution in [0.5, 0.6) is 17.2 Å². The number of hydrogen-bond acceptors (Lipinski definition) is 4. The molecule has 2 aromatic carbocycles. The summed E-state index contributed by atoms with van der Waals surface area (Å²) in [6, 6.07) is 6.76. The number of carbonyl (C=O) groups excluding carboxylic acids is 1. The zero-order chi connectivity index (χ0) is 17.0. The lowest BCUT2D eigenvalue weighted by atomic mass is 10.1. The molecule has 0 saturated heterocycles. The molecule has 0 aliphatic rings. The number of hydrogen-bond donors (Lipinski definition) is 1. The van der Waals surface area contributed by atoms with Crippen molar-refractivity contribution in [3.8, 4) is 17.2 Å². The number of nitrogens with one attached hydrogen (secondary N) is 1. The summed E-state index contributed by atoms with van der Waals surface area (Å²) in [5, 5.41) is 2.87. The van der Waals surface area contributed by atoms with Gasteiger partial charge in [-0.2, -0.15) is 0 Å². The molecule has 1 amide bonds. The smallest absolute Gasteiger partial charge is 0.255 e. The van der Waals surface area contributed by atoms with Crippen LogP contribution in [0.15, 0.2) is 30.3 Å². The molecule has 0 atom stereocenters. The first-order valence-electron chi connectivity index (χ1n) is 6.56. The summed E-state index contributed by atoms with van der Waals surface area (Å²) in [7, 11) is 4.28. The number of halogens is 2. The highest BCUT2D eigenvalue weighted by Gasteiger charge is 2.16. The average Bonchev–Trinajstić information content (AvgIpc) is 2.55. The van der Waals surface area contributed by atoms with Crippen LogP contribution in [-0.2, 0) is 0 Å². The Morgan fingerprint density at radius 3 is 2.35 bits per heavy atom. The van der Waals surface area contributed by atoms with Gasteiger partial charge in [0.05, 0.1) is 32.0 Å². The zero-order valence-corrected chi connectivity index (χ0v) is 13.5. The maximum Gasteiger partial charge on any atom is 0.255 e. The summed E-state index contributed by atoms with van der Waals surface area (Å²) in [4.78, 5) is 12.4. The fourth-order valence-electron chi connectivity index (χ4n) is 2.01. The number of carbonyl (C=O) groups is 1. The molecule has 2 aromatic rings. The van der Waals surface area contributed by atoms with Gasteiger partial charge in [0.25, 0.3) is 5.91 Å². The Morgan fingerprint density at radius 1 is 1.04 bits per heavy atom. The molecule has 0 heterocycles. The molecule has 0 aliphatic carbocycles. The van der Waals surface area contributed by atoms with Crippen LogP contribution >= 0.6 is 11.6 Å². The molecule has 0 spiro atoms. The highest BCUT2D eigenvalue weighted by Crippen LogP contribution is 2.36. The highest BCUT2D eigenvalue weighted by atomic mass is 35.5. The van der Waals surface area contributed by atoms with E-state index in [1.54, 1.807) is 0 Å². The van der Waals surface area contributed by atoms with Crippen LogP contribution in [0, 0.1) is 5.82 Å². The molecule has 0 fully saturated rings. The van der Waals surface area contributed by atoms with Crippen molar-refractivity contribution in [2.45, 2.75) is 0 Å². The second kappa shape index (κ2) is 7.19. The third-order valence-electron chi connectivity index (χ3n) is 3.11. The van der Waals surface area contributed by atoms with Crippen molar-refractivity contribution in [3.05, 3.63) is 46.7 Å². The van der Waals surface area contributed by atoms with E-state index in [0.29, 0.717) is 17.2 Å². The molecule has 23 heavy (non-hydrogen) atoms. The summed E-state index contributed by atoms with van der Waals surface area (Å²) in [6.45, 7) is 0. The molecule has 0 aromatic heterocycles. The van der Waals surface area contributed by atoms with Gasteiger partial charge in [0.15, 0.2) is 11.5 Å². The van der Waals surface area contributed by atoms with E-state index in [9.17, 15) is 9.18 Å². The van der Waals surface area contributed by atoms with Crippen molar-refractivity contribution in [2.24, 2.45) is 0 Å². The minimum absolute atomic E-state index is 0.213. The molecule has 0 bridgehead atoms. The van der Waals surface area contributed by atoms with Crippen molar-refractivity contribution in [2.75, 3.05) is 26.6 Å².